The zero-order chi connectivity index (χ0) is 27.1. The van der Waals surface area contributed by atoms with E-state index in [-0.39, 0.29) is 12.2 Å². The number of esters is 1. The molecule has 9 heteroatoms. The number of hydrogen-bond acceptors (Lipinski definition) is 5. The summed E-state index contributed by atoms with van der Waals surface area (Å²) in [5.41, 5.74) is 5.35. The van der Waals surface area contributed by atoms with Gasteiger partial charge in [0.05, 0.1) is 22.4 Å². The first-order valence-corrected chi connectivity index (χ1v) is 14.4. The fourth-order valence-electron chi connectivity index (χ4n) is 4.85. The van der Waals surface area contributed by atoms with Crippen LogP contribution in [0.3, 0.4) is 0 Å². The normalized spacial score (nSPS) is 15.4. The van der Waals surface area contributed by atoms with Crippen molar-refractivity contribution in [3.05, 3.63) is 117 Å². The van der Waals surface area contributed by atoms with Gasteiger partial charge >= 0.3 is 5.97 Å². The fraction of sp³-hybridized carbons (Fsp3) is 0.207. The van der Waals surface area contributed by atoms with Crippen LogP contribution in [0, 0.1) is 17.4 Å². The summed E-state index contributed by atoms with van der Waals surface area (Å²) in [6, 6.07) is 16.9. The lowest BCUT2D eigenvalue weighted by Gasteiger charge is -2.25. The van der Waals surface area contributed by atoms with Gasteiger partial charge in [-0.05, 0) is 104 Å². The summed E-state index contributed by atoms with van der Waals surface area (Å²) in [5, 5.41) is 0.463. The zero-order valence-electron chi connectivity index (χ0n) is 21.3. The van der Waals surface area contributed by atoms with E-state index in [0.29, 0.717) is 31.2 Å². The number of hydrogen-bond donors (Lipinski definition) is 0. The first kappa shape index (κ1) is 26.6. The molecule has 0 aliphatic carbocycles. The minimum Gasteiger partial charge on any atom is -0.463 e. The highest BCUT2D eigenvalue weighted by molar-refractivity contribution is 14.1. The molecule has 0 saturated carbocycles. The van der Waals surface area contributed by atoms with Gasteiger partial charge in [-0.3, -0.25) is 9.36 Å². The highest BCUT2D eigenvalue weighted by Gasteiger charge is 2.34. The minimum atomic E-state index is -0.736. The number of benzene rings is 2. The first-order valence-electron chi connectivity index (χ1n) is 12.1. The van der Waals surface area contributed by atoms with Crippen LogP contribution in [0.2, 0.25) is 5.02 Å². The first-order chi connectivity index (χ1) is 18.2. The summed E-state index contributed by atoms with van der Waals surface area (Å²) in [4.78, 5) is 32.1. The Morgan fingerprint density at radius 3 is 2.55 bits per heavy atom. The predicted octanol–water partition coefficient (Wildman–Crippen LogP) is 5.46. The molecule has 0 bridgehead atoms. The Hall–Kier alpha value is -2.95. The third kappa shape index (κ3) is 4.69. The molecule has 1 unspecified atom stereocenters. The Morgan fingerprint density at radius 2 is 1.87 bits per heavy atom. The van der Waals surface area contributed by atoms with Crippen molar-refractivity contribution < 1.29 is 9.53 Å². The maximum atomic E-state index is 13.9. The summed E-state index contributed by atoms with van der Waals surface area (Å²) >= 11 is 10.2. The van der Waals surface area contributed by atoms with Gasteiger partial charge in [-0.2, -0.15) is 0 Å². The number of carbonyl (C=O) groups is 1. The Kier molecular flexibility index (Phi) is 7.48. The van der Waals surface area contributed by atoms with Gasteiger partial charge in [0.2, 0.25) is 0 Å². The molecule has 194 valence electrons. The molecule has 1 aliphatic rings. The van der Waals surface area contributed by atoms with Crippen LogP contribution in [0.4, 0.5) is 0 Å². The third-order valence-corrected chi connectivity index (χ3v) is 8.60. The van der Waals surface area contributed by atoms with E-state index in [1.165, 1.54) is 14.9 Å². The van der Waals surface area contributed by atoms with Crippen LogP contribution >= 0.6 is 45.5 Å². The number of ether oxygens (including phenoxy) is 1. The molecule has 0 spiro atoms. The van der Waals surface area contributed by atoms with Crippen molar-refractivity contribution in [1.29, 1.82) is 0 Å². The second-order valence-electron chi connectivity index (χ2n) is 8.96. The van der Waals surface area contributed by atoms with Crippen molar-refractivity contribution in [3.8, 4) is 5.69 Å². The molecule has 0 saturated heterocycles. The lowest BCUT2D eigenvalue weighted by Crippen LogP contribution is -2.40. The number of halogens is 2. The molecule has 0 amide bonds. The number of aromatic nitrogens is 2. The van der Waals surface area contributed by atoms with Crippen molar-refractivity contribution >= 4 is 57.6 Å². The quantitative estimate of drug-likeness (QED) is 0.212. The second kappa shape index (κ2) is 10.7. The Labute approximate surface area is 242 Å². The molecule has 1 atom stereocenters. The Bertz CT molecular complexity index is 1780. The Balaban J connectivity index is 1.70. The summed E-state index contributed by atoms with van der Waals surface area (Å²) in [6.45, 7) is 7.83. The van der Waals surface area contributed by atoms with Gasteiger partial charge in [-0.1, -0.05) is 41.1 Å². The standard InChI is InChI=1S/C29H25ClIN3O3S/c1-5-37-28(36)25-17(3)32-29-34(26(25)22-8-6-7-9-23(22)30)27(35)24(38-29)15-19-14-16(2)33(18(19)4)21-12-10-20(31)11-13-21/h6-15,26H,5H2,1-4H3/b24-15-. The predicted molar refractivity (Wildman–Crippen MR) is 160 cm³/mol. The molecule has 0 fully saturated rings. The molecule has 3 heterocycles. The fourth-order valence-corrected chi connectivity index (χ4v) is 6.48. The van der Waals surface area contributed by atoms with Crippen LogP contribution in [-0.4, -0.2) is 21.7 Å². The van der Waals surface area contributed by atoms with Crippen molar-refractivity contribution in [3.63, 3.8) is 0 Å². The van der Waals surface area contributed by atoms with Gasteiger partial charge < -0.3 is 9.30 Å². The number of thiazole rings is 1. The number of rotatable bonds is 5. The van der Waals surface area contributed by atoms with Gasteiger partial charge in [-0.25, -0.2) is 9.79 Å². The average Bonchev–Trinajstić information content (AvgIpc) is 3.33. The second-order valence-corrected chi connectivity index (χ2v) is 11.6. The van der Waals surface area contributed by atoms with Crippen LogP contribution in [-0.2, 0) is 9.53 Å². The molecular formula is C29H25ClIN3O3S. The zero-order valence-corrected chi connectivity index (χ0v) is 25.0. The van der Waals surface area contributed by atoms with E-state index < -0.39 is 12.0 Å². The van der Waals surface area contributed by atoms with Gasteiger partial charge in [-0.15, -0.1) is 0 Å². The molecule has 0 radical (unpaired) electrons. The molecule has 4 aromatic rings. The third-order valence-electron chi connectivity index (χ3n) is 6.56. The molecule has 2 aromatic carbocycles. The smallest absolute Gasteiger partial charge is 0.338 e. The van der Waals surface area contributed by atoms with Crippen molar-refractivity contribution in [1.82, 2.24) is 9.13 Å². The van der Waals surface area contributed by atoms with Gasteiger partial charge in [0.25, 0.3) is 5.56 Å². The monoisotopic (exact) mass is 657 g/mol. The number of fused-ring (bicyclic) bond motifs is 1. The van der Waals surface area contributed by atoms with Gasteiger partial charge in [0.15, 0.2) is 4.80 Å². The van der Waals surface area contributed by atoms with E-state index in [4.69, 9.17) is 16.3 Å². The van der Waals surface area contributed by atoms with E-state index in [2.05, 4.69) is 69.4 Å². The maximum Gasteiger partial charge on any atom is 0.338 e. The van der Waals surface area contributed by atoms with Gasteiger partial charge in [0, 0.05) is 25.7 Å². The van der Waals surface area contributed by atoms with Crippen LogP contribution in [0.15, 0.2) is 75.7 Å². The van der Waals surface area contributed by atoms with Crippen LogP contribution < -0.4 is 14.9 Å². The molecule has 6 nitrogen and oxygen atoms in total. The van der Waals surface area contributed by atoms with E-state index in [9.17, 15) is 9.59 Å². The summed E-state index contributed by atoms with van der Waals surface area (Å²) < 4.78 is 10.8. The number of nitrogens with zero attached hydrogens (tertiary/aromatic N) is 3. The van der Waals surface area contributed by atoms with E-state index in [0.717, 1.165) is 22.6 Å². The van der Waals surface area contributed by atoms with E-state index >= 15 is 0 Å². The topological polar surface area (TPSA) is 65.6 Å². The van der Waals surface area contributed by atoms with Crippen molar-refractivity contribution in [2.45, 2.75) is 33.7 Å². The van der Waals surface area contributed by atoms with E-state index in [1.807, 2.05) is 31.2 Å². The highest BCUT2D eigenvalue weighted by atomic mass is 127. The maximum absolute atomic E-state index is 13.9. The molecule has 5 rings (SSSR count). The van der Waals surface area contributed by atoms with Crippen LogP contribution in [0.1, 0.15) is 42.4 Å². The number of carbonyl (C=O) groups excluding carboxylic acids is 1. The van der Waals surface area contributed by atoms with Crippen molar-refractivity contribution in [2.24, 2.45) is 4.99 Å². The van der Waals surface area contributed by atoms with Crippen LogP contribution in [0.25, 0.3) is 11.8 Å². The minimum absolute atomic E-state index is 0.214. The Morgan fingerprint density at radius 1 is 1.16 bits per heavy atom. The number of allylic oxidation sites excluding steroid dienone is 1. The largest absolute Gasteiger partial charge is 0.463 e. The average molecular weight is 658 g/mol. The lowest BCUT2D eigenvalue weighted by molar-refractivity contribution is -0.139. The molecule has 1 aliphatic heterocycles. The molecule has 2 aromatic heterocycles. The number of aryl methyl sites for hydroxylation is 1. The van der Waals surface area contributed by atoms with Crippen LogP contribution in [0.5, 0.6) is 0 Å². The molecular weight excluding hydrogens is 633 g/mol. The van der Waals surface area contributed by atoms with E-state index in [1.54, 1.807) is 24.5 Å². The molecule has 38 heavy (non-hydrogen) atoms. The van der Waals surface area contributed by atoms with Crippen molar-refractivity contribution in [2.75, 3.05) is 6.61 Å². The molecule has 0 N–H and O–H groups in total. The summed E-state index contributed by atoms with van der Waals surface area (Å²) in [6.07, 6.45) is 1.91. The lowest BCUT2D eigenvalue weighted by atomic mass is 9.96. The highest BCUT2D eigenvalue weighted by Crippen LogP contribution is 2.34. The summed E-state index contributed by atoms with van der Waals surface area (Å²) in [7, 11) is 0. The summed E-state index contributed by atoms with van der Waals surface area (Å²) in [5.74, 6) is -0.506. The SMILES string of the molecule is CCOC(=O)C1=C(C)N=c2s/c(=C\c3cc(C)n(-c4ccc(I)cc4)c3C)c(=O)n2C1c1ccccc1Cl. The van der Waals surface area contributed by atoms with Gasteiger partial charge in [0.1, 0.15) is 6.04 Å².